The fourth-order valence-electron chi connectivity index (χ4n) is 1.40. The van der Waals surface area contributed by atoms with Crippen molar-refractivity contribution in [1.29, 1.82) is 0 Å². The van der Waals surface area contributed by atoms with E-state index in [0.29, 0.717) is 10.0 Å². The first-order valence-corrected chi connectivity index (χ1v) is 5.17. The van der Waals surface area contributed by atoms with E-state index < -0.39 is 0 Å². The van der Waals surface area contributed by atoms with Crippen LogP contribution in [0.1, 0.15) is 0 Å². The second-order valence-electron chi connectivity index (χ2n) is 3.15. The van der Waals surface area contributed by atoms with E-state index >= 15 is 0 Å². The maximum atomic E-state index is 9.53. The minimum Gasteiger partial charge on any atom is -0.506 e. The lowest BCUT2D eigenvalue weighted by molar-refractivity contribution is 0.476. The van der Waals surface area contributed by atoms with Gasteiger partial charge in [-0.25, -0.2) is 0 Å². The molecule has 76 valence electrons. The van der Waals surface area contributed by atoms with Gasteiger partial charge in [-0.2, -0.15) is 0 Å². The molecule has 0 fully saturated rings. The first-order valence-electron chi connectivity index (χ1n) is 4.42. The maximum absolute atomic E-state index is 9.53. The predicted molar refractivity (Wildman–Crippen MR) is 63.6 cm³/mol. The fourth-order valence-corrected chi connectivity index (χ4v) is 1.83. The Hall–Kier alpha value is -1.18. The van der Waals surface area contributed by atoms with Gasteiger partial charge in [-0.1, -0.05) is 53.5 Å². The van der Waals surface area contributed by atoms with Crippen LogP contribution in [-0.4, -0.2) is 5.11 Å². The van der Waals surface area contributed by atoms with E-state index in [1.54, 1.807) is 6.07 Å². The monoisotopic (exact) mass is 238 g/mol. The standard InChI is InChI=1S/C12H8Cl2O/c13-9-6-10(12(14)11(15)7-9)8-4-2-1-3-5-8/h1-7,15H. The van der Waals surface area contributed by atoms with Crippen LogP contribution in [0.15, 0.2) is 42.5 Å². The lowest BCUT2D eigenvalue weighted by atomic mass is 10.1. The molecule has 0 aliphatic carbocycles. The summed E-state index contributed by atoms with van der Waals surface area (Å²) < 4.78 is 0. The summed E-state index contributed by atoms with van der Waals surface area (Å²) in [6.07, 6.45) is 0. The molecule has 0 aliphatic heterocycles. The van der Waals surface area contributed by atoms with Crippen LogP contribution in [0.5, 0.6) is 5.75 Å². The summed E-state index contributed by atoms with van der Waals surface area (Å²) in [4.78, 5) is 0. The van der Waals surface area contributed by atoms with Crippen molar-refractivity contribution in [2.45, 2.75) is 0 Å². The molecular weight excluding hydrogens is 231 g/mol. The maximum Gasteiger partial charge on any atom is 0.136 e. The molecule has 0 aromatic heterocycles. The van der Waals surface area contributed by atoms with Gasteiger partial charge in [-0.3, -0.25) is 0 Å². The number of phenolic OH excluding ortho intramolecular Hbond substituents is 1. The zero-order valence-corrected chi connectivity index (χ0v) is 9.26. The molecule has 2 rings (SSSR count). The summed E-state index contributed by atoms with van der Waals surface area (Å²) in [5.41, 5.74) is 1.67. The topological polar surface area (TPSA) is 20.2 Å². The molecule has 0 unspecified atom stereocenters. The summed E-state index contributed by atoms with van der Waals surface area (Å²) in [7, 11) is 0. The molecule has 2 aromatic carbocycles. The molecule has 0 spiro atoms. The molecule has 0 heterocycles. The number of benzene rings is 2. The zero-order chi connectivity index (χ0) is 10.8. The zero-order valence-electron chi connectivity index (χ0n) is 7.74. The van der Waals surface area contributed by atoms with Gasteiger partial charge in [0.1, 0.15) is 5.75 Å². The summed E-state index contributed by atoms with van der Waals surface area (Å²) in [6.45, 7) is 0. The second kappa shape index (κ2) is 4.13. The van der Waals surface area contributed by atoms with Crippen LogP contribution < -0.4 is 0 Å². The van der Waals surface area contributed by atoms with Crippen molar-refractivity contribution >= 4 is 23.2 Å². The third-order valence-electron chi connectivity index (χ3n) is 2.10. The summed E-state index contributed by atoms with van der Waals surface area (Å²) in [6, 6.07) is 12.7. The average molecular weight is 239 g/mol. The number of aromatic hydroxyl groups is 1. The Kier molecular flexibility index (Phi) is 2.85. The van der Waals surface area contributed by atoms with Gasteiger partial charge in [-0.05, 0) is 11.6 Å². The Balaban J connectivity index is 2.63. The largest absolute Gasteiger partial charge is 0.506 e. The molecule has 0 aliphatic rings. The molecule has 0 bridgehead atoms. The Labute approximate surface area is 97.9 Å². The van der Waals surface area contributed by atoms with Gasteiger partial charge in [0.25, 0.3) is 0 Å². The van der Waals surface area contributed by atoms with Gasteiger partial charge in [0.05, 0.1) is 5.02 Å². The molecule has 0 saturated heterocycles. The molecule has 1 nitrogen and oxygen atoms in total. The number of halogens is 2. The Morgan fingerprint density at radius 2 is 1.60 bits per heavy atom. The van der Waals surface area contributed by atoms with E-state index in [1.807, 2.05) is 30.3 Å². The van der Waals surface area contributed by atoms with Crippen molar-refractivity contribution in [3.63, 3.8) is 0 Å². The van der Waals surface area contributed by atoms with Crippen LogP contribution in [0.25, 0.3) is 11.1 Å². The summed E-state index contributed by atoms with van der Waals surface area (Å²) >= 11 is 11.8. The highest BCUT2D eigenvalue weighted by Crippen LogP contribution is 2.37. The van der Waals surface area contributed by atoms with E-state index in [0.717, 1.165) is 11.1 Å². The molecule has 1 N–H and O–H groups in total. The quantitative estimate of drug-likeness (QED) is 0.783. The van der Waals surface area contributed by atoms with Crippen molar-refractivity contribution < 1.29 is 5.11 Å². The van der Waals surface area contributed by atoms with Crippen LogP contribution in [0.2, 0.25) is 10.0 Å². The Morgan fingerprint density at radius 3 is 2.27 bits per heavy atom. The second-order valence-corrected chi connectivity index (χ2v) is 3.97. The van der Waals surface area contributed by atoms with Gasteiger partial charge < -0.3 is 5.11 Å². The predicted octanol–water partition coefficient (Wildman–Crippen LogP) is 4.37. The van der Waals surface area contributed by atoms with Gasteiger partial charge in [-0.15, -0.1) is 0 Å². The van der Waals surface area contributed by atoms with Crippen molar-refractivity contribution in [2.75, 3.05) is 0 Å². The molecule has 0 saturated carbocycles. The minimum absolute atomic E-state index is 0.00280. The van der Waals surface area contributed by atoms with Gasteiger partial charge in [0.2, 0.25) is 0 Å². The number of phenols is 1. The van der Waals surface area contributed by atoms with E-state index in [2.05, 4.69) is 0 Å². The van der Waals surface area contributed by atoms with E-state index in [-0.39, 0.29) is 5.75 Å². The van der Waals surface area contributed by atoms with Crippen LogP contribution in [0.4, 0.5) is 0 Å². The Bertz CT molecular complexity index is 480. The van der Waals surface area contributed by atoms with Gasteiger partial charge >= 0.3 is 0 Å². The normalized spacial score (nSPS) is 10.3. The van der Waals surface area contributed by atoms with Crippen LogP contribution in [-0.2, 0) is 0 Å². The fraction of sp³-hybridized carbons (Fsp3) is 0. The molecule has 0 amide bonds. The smallest absolute Gasteiger partial charge is 0.136 e. The minimum atomic E-state index is 0.00280. The summed E-state index contributed by atoms with van der Waals surface area (Å²) in [5.74, 6) is 0.00280. The molecule has 15 heavy (non-hydrogen) atoms. The molecule has 3 heteroatoms. The third-order valence-corrected chi connectivity index (χ3v) is 2.72. The van der Waals surface area contributed by atoms with E-state index in [9.17, 15) is 5.11 Å². The lowest BCUT2D eigenvalue weighted by Gasteiger charge is -2.06. The van der Waals surface area contributed by atoms with Gasteiger partial charge in [0.15, 0.2) is 0 Å². The van der Waals surface area contributed by atoms with Crippen LogP contribution >= 0.6 is 23.2 Å². The van der Waals surface area contributed by atoms with Crippen molar-refractivity contribution in [1.82, 2.24) is 0 Å². The number of hydrogen-bond acceptors (Lipinski definition) is 1. The first-order chi connectivity index (χ1) is 7.18. The van der Waals surface area contributed by atoms with Crippen LogP contribution in [0.3, 0.4) is 0 Å². The first kappa shape index (κ1) is 10.3. The van der Waals surface area contributed by atoms with E-state index in [4.69, 9.17) is 23.2 Å². The highest BCUT2D eigenvalue weighted by atomic mass is 35.5. The molecular formula is C12H8Cl2O. The summed E-state index contributed by atoms with van der Waals surface area (Å²) in [5, 5.41) is 10.3. The SMILES string of the molecule is Oc1cc(Cl)cc(-c2ccccc2)c1Cl. The Morgan fingerprint density at radius 1 is 0.933 bits per heavy atom. The van der Waals surface area contributed by atoms with Crippen molar-refractivity contribution in [3.8, 4) is 16.9 Å². The number of hydrogen-bond donors (Lipinski definition) is 1. The molecule has 0 atom stereocenters. The lowest BCUT2D eigenvalue weighted by Crippen LogP contribution is -1.80. The highest BCUT2D eigenvalue weighted by Gasteiger charge is 2.08. The third kappa shape index (κ3) is 2.09. The number of rotatable bonds is 1. The highest BCUT2D eigenvalue weighted by molar-refractivity contribution is 6.36. The van der Waals surface area contributed by atoms with Crippen molar-refractivity contribution in [3.05, 3.63) is 52.5 Å². The van der Waals surface area contributed by atoms with Gasteiger partial charge in [0, 0.05) is 16.7 Å². The molecule has 2 aromatic rings. The van der Waals surface area contributed by atoms with Crippen LogP contribution in [0, 0.1) is 0 Å². The average Bonchev–Trinajstić information content (AvgIpc) is 2.24. The molecule has 0 radical (unpaired) electrons. The van der Waals surface area contributed by atoms with Crippen molar-refractivity contribution in [2.24, 2.45) is 0 Å². The van der Waals surface area contributed by atoms with E-state index in [1.165, 1.54) is 6.07 Å².